The fourth-order valence-electron chi connectivity index (χ4n) is 4.95. The van der Waals surface area contributed by atoms with Crippen LogP contribution in [0.3, 0.4) is 0 Å². The molecule has 30 heavy (non-hydrogen) atoms. The number of fused-ring (bicyclic) bond motifs is 1. The van der Waals surface area contributed by atoms with Crippen molar-refractivity contribution in [3.05, 3.63) is 35.9 Å². The molecule has 1 aromatic carbocycles. The van der Waals surface area contributed by atoms with E-state index in [0.717, 1.165) is 43.3 Å². The molecule has 2 saturated carbocycles. The summed E-state index contributed by atoms with van der Waals surface area (Å²) in [6, 6.07) is 6.19. The summed E-state index contributed by atoms with van der Waals surface area (Å²) in [7, 11) is 0. The second-order valence-corrected chi connectivity index (χ2v) is 9.27. The number of para-hydroxylation sites is 1. The van der Waals surface area contributed by atoms with Crippen molar-refractivity contribution >= 4 is 22.8 Å². The number of nitrogens with zero attached hydrogens (tertiary/aromatic N) is 4. The molecule has 0 unspecified atom stereocenters. The minimum atomic E-state index is -0.375. The molecular weight excluding hydrogens is 380 g/mol. The standard InChI is InChI=1S/C22H26N6O2/c1-13(20(29)28-9-7-22(5-6-22)8-10-28)24-21-27-26-19(30-21)17-11-16(17)15-4-2-3-14-12-23-25-18(14)15/h2-4,12-13,16-17H,5-11H2,1H3,(H,23,25)(H,24,27)/t13-,16+,17-/m1/s1. The fraction of sp³-hybridized carbons (Fsp3) is 0.545. The number of hydrogen-bond donors (Lipinski definition) is 2. The topological polar surface area (TPSA) is 99.9 Å². The van der Waals surface area contributed by atoms with Gasteiger partial charge in [-0.15, -0.1) is 5.10 Å². The van der Waals surface area contributed by atoms with Crippen molar-refractivity contribution < 1.29 is 9.21 Å². The van der Waals surface area contributed by atoms with E-state index in [4.69, 9.17) is 4.42 Å². The monoisotopic (exact) mass is 406 g/mol. The lowest BCUT2D eigenvalue weighted by Gasteiger charge is -2.33. The van der Waals surface area contributed by atoms with Crippen molar-refractivity contribution in [3.63, 3.8) is 0 Å². The fourth-order valence-corrected chi connectivity index (χ4v) is 4.95. The first-order valence-electron chi connectivity index (χ1n) is 10.9. The molecule has 2 aromatic heterocycles. The Bertz CT molecular complexity index is 1090. The summed E-state index contributed by atoms with van der Waals surface area (Å²) in [5.74, 6) is 1.31. The molecule has 1 aliphatic heterocycles. The summed E-state index contributed by atoms with van der Waals surface area (Å²) in [4.78, 5) is 14.8. The Morgan fingerprint density at radius 1 is 1.23 bits per heavy atom. The third kappa shape index (κ3) is 3.05. The van der Waals surface area contributed by atoms with Crippen LogP contribution in [0.15, 0.2) is 28.8 Å². The average molecular weight is 406 g/mol. The van der Waals surface area contributed by atoms with Crippen molar-refractivity contribution in [1.82, 2.24) is 25.3 Å². The van der Waals surface area contributed by atoms with Crippen LogP contribution < -0.4 is 5.32 Å². The molecule has 8 heteroatoms. The SMILES string of the molecule is C[C@@H](Nc1nnc([C@@H]2C[C@H]2c2cccc3cn[nH]c23)o1)C(=O)N1CCC2(CC1)CC2. The number of rotatable bonds is 5. The Morgan fingerprint density at radius 2 is 2.07 bits per heavy atom. The van der Waals surface area contributed by atoms with Gasteiger partial charge in [0.05, 0.1) is 11.7 Å². The third-order valence-electron chi connectivity index (χ3n) is 7.26. The van der Waals surface area contributed by atoms with Crippen LogP contribution in [0.1, 0.15) is 62.3 Å². The van der Waals surface area contributed by atoms with E-state index < -0.39 is 0 Å². The van der Waals surface area contributed by atoms with Crippen LogP contribution in [0, 0.1) is 5.41 Å². The maximum Gasteiger partial charge on any atom is 0.316 e. The van der Waals surface area contributed by atoms with Crippen molar-refractivity contribution in [2.45, 2.75) is 56.9 Å². The van der Waals surface area contributed by atoms with E-state index in [1.165, 1.54) is 18.4 Å². The summed E-state index contributed by atoms with van der Waals surface area (Å²) in [6.07, 6.45) is 7.78. The van der Waals surface area contributed by atoms with E-state index in [-0.39, 0.29) is 17.9 Å². The summed E-state index contributed by atoms with van der Waals surface area (Å²) in [5, 5.41) is 19.9. The van der Waals surface area contributed by atoms with Crippen LogP contribution in [-0.4, -0.2) is 50.3 Å². The molecular formula is C22H26N6O2. The number of likely N-dealkylation sites (tertiary alicyclic amines) is 1. The van der Waals surface area contributed by atoms with E-state index in [1.54, 1.807) is 0 Å². The van der Waals surface area contributed by atoms with Gasteiger partial charge in [-0.1, -0.05) is 23.3 Å². The highest BCUT2D eigenvalue weighted by atomic mass is 16.4. The Morgan fingerprint density at radius 3 is 2.87 bits per heavy atom. The molecule has 3 fully saturated rings. The summed E-state index contributed by atoms with van der Waals surface area (Å²) in [5.41, 5.74) is 2.89. The second kappa shape index (κ2) is 6.55. The van der Waals surface area contributed by atoms with Gasteiger partial charge in [0.1, 0.15) is 6.04 Å². The van der Waals surface area contributed by atoms with Gasteiger partial charge in [-0.3, -0.25) is 9.89 Å². The first-order chi connectivity index (χ1) is 14.6. The molecule has 3 atom stereocenters. The van der Waals surface area contributed by atoms with E-state index >= 15 is 0 Å². The first-order valence-corrected chi connectivity index (χ1v) is 10.9. The number of H-pyrrole nitrogens is 1. The zero-order valence-electron chi connectivity index (χ0n) is 17.1. The minimum absolute atomic E-state index is 0.112. The molecule has 2 aliphatic carbocycles. The number of carbonyl (C=O) groups is 1. The number of carbonyl (C=O) groups excluding carboxylic acids is 1. The molecule has 6 rings (SSSR count). The van der Waals surface area contributed by atoms with Crippen molar-refractivity contribution in [2.24, 2.45) is 5.41 Å². The van der Waals surface area contributed by atoms with Gasteiger partial charge in [0.15, 0.2) is 0 Å². The van der Waals surface area contributed by atoms with E-state index in [9.17, 15) is 4.79 Å². The lowest BCUT2D eigenvalue weighted by atomic mass is 9.93. The number of aromatic nitrogens is 4. The van der Waals surface area contributed by atoms with Crippen LogP contribution in [0.25, 0.3) is 10.9 Å². The molecule has 3 aromatic rings. The molecule has 1 saturated heterocycles. The highest BCUT2D eigenvalue weighted by molar-refractivity contribution is 5.84. The molecule has 0 radical (unpaired) electrons. The van der Waals surface area contributed by atoms with Gasteiger partial charge in [-0.05, 0) is 55.9 Å². The molecule has 3 heterocycles. The lowest BCUT2D eigenvalue weighted by Crippen LogP contribution is -2.45. The number of piperidine rings is 1. The van der Waals surface area contributed by atoms with Crippen molar-refractivity contribution in [2.75, 3.05) is 18.4 Å². The van der Waals surface area contributed by atoms with Crippen LogP contribution in [0.5, 0.6) is 0 Å². The van der Waals surface area contributed by atoms with E-state index in [0.29, 0.717) is 23.2 Å². The molecule has 156 valence electrons. The highest BCUT2D eigenvalue weighted by Gasteiger charge is 2.46. The van der Waals surface area contributed by atoms with E-state index in [2.05, 4.69) is 43.9 Å². The Balaban J connectivity index is 1.09. The van der Waals surface area contributed by atoms with Gasteiger partial charge in [0.25, 0.3) is 0 Å². The highest BCUT2D eigenvalue weighted by Crippen LogP contribution is 2.55. The van der Waals surface area contributed by atoms with Crippen molar-refractivity contribution in [3.8, 4) is 0 Å². The molecule has 1 amide bonds. The number of aromatic amines is 1. The smallest absolute Gasteiger partial charge is 0.316 e. The van der Waals surface area contributed by atoms with Crippen LogP contribution in [0.4, 0.5) is 6.01 Å². The maximum atomic E-state index is 12.8. The van der Waals surface area contributed by atoms with Gasteiger partial charge >= 0.3 is 6.01 Å². The van der Waals surface area contributed by atoms with Gasteiger partial charge in [-0.2, -0.15) is 5.10 Å². The van der Waals surface area contributed by atoms with E-state index in [1.807, 2.05) is 18.0 Å². The number of anilines is 1. The Kier molecular flexibility index (Phi) is 3.91. The summed E-state index contributed by atoms with van der Waals surface area (Å²) < 4.78 is 5.87. The van der Waals surface area contributed by atoms with Gasteiger partial charge < -0.3 is 14.6 Å². The average Bonchev–Trinajstić information content (AvgIpc) is 3.60. The number of benzene rings is 1. The number of amides is 1. The quantitative estimate of drug-likeness (QED) is 0.673. The van der Waals surface area contributed by atoms with Crippen LogP contribution in [0.2, 0.25) is 0 Å². The van der Waals surface area contributed by atoms with Gasteiger partial charge in [0.2, 0.25) is 11.8 Å². The largest absolute Gasteiger partial charge is 0.408 e. The number of hydrogen-bond acceptors (Lipinski definition) is 6. The molecule has 0 bridgehead atoms. The van der Waals surface area contributed by atoms with Crippen molar-refractivity contribution in [1.29, 1.82) is 0 Å². The Hall–Kier alpha value is -2.90. The summed E-state index contributed by atoms with van der Waals surface area (Å²) in [6.45, 7) is 3.60. The molecule has 1 spiro atoms. The minimum Gasteiger partial charge on any atom is -0.408 e. The second-order valence-electron chi connectivity index (χ2n) is 9.27. The molecule has 3 aliphatic rings. The third-order valence-corrected chi connectivity index (χ3v) is 7.26. The van der Waals surface area contributed by atoms with Crippen LogP contribution >= 0.6 is 0 Å². The van der Waals surface area contributed by atoms with Gasteiger partial charge in [-0.25, -0.2) is 0 Å². The predicted octanol–water partition coefficient (Wildman–Crippen LogP) is 3.42. The first kappa shape index (κ1) is 17.9. The maximum absolute atomic E-state index is 12.8. The lowest BCUT2D eigenvalue weighted by molar-refractivity contribution is -0.133. The zero-order chi connectivity index (χ0) is 20.3. The molecule has 2 N–H and O–H groups in total. The summed E-state index contributed by atoms with van der Waals surface area (Å²) >= 11 is 0. The normalized spacial score (nSPS) is 25.4. The zero-order valence-corrected chi connectivity index (χ0v) is 17.1. The predicted molar refractivity (Wildman–Crippen MR) is 111 cm³/mol. The molecule has 8 nitrogen and oxygen atoms in total. The van der Waals surface area contributed by atoms with Gasteiger partial charge in [0, 0.05) is 24.4 Å². The Labute approximate surface area is 174 Å². The number of nitrogens with one attached hydrogen (secondary N) is 2. The van der Waals surface area contributed by atoms with Crippen LogP contribution in [-0.2, 0) is 4.79 Å².